The summed E-state index contributed by atoms with van der Waals surface area (Å²) < 4.78 is 53.1. The first-order valence-corrected chi connectivity index (χ1v) is 22.6. The van der Waals surface area contributed by atoms with Crippen molar-refractivity contribution in [2.24, 2.45) is 5.73 Å². The van der Waals surface area contributed by atoms with Gasteiger partial charge >= 0.3 is 17.9 Å². The lowest BCUT2D eigenvalue weighted by Gasteiger charge is -2.25. The van der Waals surface area contributed by atoms with Gasteiger partial charge in [0.25, 0.3) is 0 Å². The molecule has 0 aliphatic rings. The van der Waals surface area contributed by atoms with E-state index in [0.29, 0.717) is 16.5 Å². The number of halogens is 1. The average Bonchev–Trinajstić information content (AvgIpc) is 3.71. The van der Waals surface area contributed by atoms with Crippen LogP contribution in [0.4, 0.5) is 4.39 Å². The minimum atomic E-state index is -4.68. The van der Waals surface area contributed by atoms with Crippen molar-refractivity contribution >= 4 is 74.3 Å². The van der Waals surface area contributed by atoms with Crippen molar-refractivity contribution in [3.63, 3.8) is 0 Å². The molecule has 5 atom stereocenters. The van der Waals surface area contributed by atoms with E-state index in [-0.39, 0.29) is 23.5 Å². The number of aliphatic carboxylic acids is 3. The number of carboxylic acids is 3. The number of carbonyl (C=O) groups is 9. The molecule has 12 N–H and O–H groups in total. The van der Waals surface area contributed by atoms with Crippen molar-refractivity contribution in [2.75, 3.05) is 20.8 Å². The normalized spacial score (nSPS) is 13.3. The number of sulfonamides is 1. The van der Waals surface area contributed by atoms with Gasteiger partial charge in [0.05, 0.1) is 32.1 Å². The molecule has 26 heteroatoms. The van der Waals surface area contributed by atoms with Gasteiger partial charge in [-0.15, -0.1) is 0 Å². The number of carboxylic acid groups (broad SMARTS) is 3. The van der Waals surface area contributed by atoms with Crippen LogP contribution in [0.1, 0.15) is 43.2 Å². The van der Waals surface area contributed by atoms with Crippen LogP contribution in [-0.2, 0) is 66.0 Å². The summed E-state index contributed by atoms with van der Waals surface area (Å²) >= 11 is 0. The lowest BCUT2D eigenvalue weighted by molar-refractivity contribution is -0.140. The molecule has 0 unspecified atom stereocenters. The van der Waals surface area contributed by atoms with Crippen LogP contribution in [0, 0.1) is 5.82 Å². The number of benzene rings is 3. The molecule has 24 nitrogen and oxygen atoms in total. The molecule has 4 rings (SSSR count). The second kappa shape index (κ2) is 25.3. The molecule has 1 heterocycles. The molecular weight excluding hydrogens is 948 g/mol. The summed E-state index contributed by atoms with van der Waals surface area (Å²) in [6, 6.07) is 6.71. The molecule has 0 aliphatic carbocycles. The zero-order valence-electron chi connectivity index (χ0n) is 37.5. The summed E-state index contributed by atoms with van der Waals surface area (Å²) in [7, 11) is -2.16. The van der Waals surface area contributed by atoms with E-state index in [0.717, 1.165) is 24.3 Å². The second-order valence-corrected chi connectivity index (χ2v) is 17.2. The monoisotopic (exact) mass is 998 g/mol. The molecule has 376 valence electrons. The quantitative estimate of drug-likeness (QED) is 0.0332. The highest BCUT2D eigenvalue weighted by Gasteiger charge is 2.34. The summed E-state index contributed by atoms with van der Waals surface area (Å²) in [5.74, 6) is -11.7. The Morgan fingerprint density at radius 2 is 1.27 bits per heavy atom. The van der Waals surface area contributed by atoms with Crippen molar-refractivity contribution in [3.05, 3.63) is 89.9 Å². The molecule has 0 spiro atoms. The van der Waals surface area contributed by atoms with Gasteiger partial charge in [0.15, 0.2) is 11.5 Å². The van der Waals surface area contributed by atoms with E-state index in [4.69, 9.17) is 15.2 Å². The molecule has 0 bridgehead atoms. The maximum atomic E-state index is 14.3. The Balaban J connectivity index is 1.56. The lowest BCUT2D eigenvalue weighted by atomic mass is 10.0. The summed E-state index contributed by atoms with van der Waals surface area (Å²) in [5, 5.41) is 40.3. The maximum absolute atomic E-state index is 14.3. The largest absolute Gasteiger partial charge is 0.493 e. The molecule has 0 saturated carbocycles. The Morgan fingerprint density at radius 3 is 1.89 bits per heavy atom. The van der Waals surface area contributed by atoms with Crippen LogP contribution in [-0.4, -0.2) is 133 Å². The number of methoxy groups -OCH3 is 2. The number of hydrogen-bond donors (Lipinski definition) is 11. The molecule has 1 aromatic heterocycles. The number of fused-ring (bicyclic) bond motifs is 1. The van der Waals surface area contributed by atoms with Gasteiger partial charge in [0.1, 0.15) is 36.0 Å². The minimum Gasteiger partial charge on any atom is -0.493 e. The first kappa shape index (κ1) is 54.5. The second-order valence-electron chi connectivity index (χ2n) is 15.5. The highest BCUT2D eigenvalue weighted by atomic mass is 32.2. The topological polar surface area (TPSA) is 381 Å². The Labute approximate surface area is 398 Å². The minimum absolute atomic E-state index is 0.0282. The van der Waals surface area contributed by atoms with E-state index in [9.17, 15) is 71.3 Å². The molecule has 4 aromatic rings. The number of H-pyrrole nitrogens is 1. The van der Waals surface area contributed by atoms with Crippen LogP contribution in [0.3, 0.4) is 0 Å². The molecule has 0 radical (unpaired) electrons. The SMILES string of the molecule is COc1ccc(S(=O)(=O)N[C@H](CC(=O)O)C(=O)N[C@@H](CCC(=O)O)C(=O)NCC(=O)N[C@@H](Cc2cccc(F)c2)C(=O)N[C@@H](Cc2c[nH]c3ccccc23)C(=O)N[C@@H](CCC(=O)O)C(N)=O)cc1OC. The third-order valence-electron chi connectivity index (χ3n) is 10.4. The van der Waals surface area contributed by atoms with Crippen molar-refractivity contribution in [3.8, 4) is 11.5 Å². The van der Waals surface area contributed by atoms with Gasteiger partial charge in [0, 0.05) is 48.8 Å². The van der Waals surface area contributed by atoms with Crippen LogP contribution in [0.5, 0.6) is 11.5 Å². The van der Waals surface area contributed by atoms with Crippen LogP contribution in [0.15, 0.2) is 77.8 Å². The Hall–Kier alpha value is -8.13. The molecule has 3 aromatic carbocycles. The van der Waals surface area contributed by atoms with E-state index in [1.807, 2.05) is 4.72 Å². The van der Waals surface area contributed by atoms with E-state index in [2.05, 4.69) is 31.6 Å². The number of rotatable bonds is 28. The van der Waals surface area contributed by atoms with Gasteiger partial charge in [-0.1, -0.05) is 30.3 Å². The lowest BCUT2D eigenvalue weighted by Crippen LogP contribution is -2.58. The molecule has 0 fully saturated rings. The number of aromatic nitrogens is 1. The number of para-hydroxylation sites is 1. The molecule has 0 aliphatic heterocycles. The van der Waals surface area contributed by atoms with Gasteiger partial charge < -0.3 is 62.1 Å². The Kier molecular flexibility index (Phi) is 19.7. The van der Waals surface area contributed by atoms with Gasteiger partial charge in [-0.05, 0) is 54.3 Å². The third-order valence-corrected chi connectivity index (χ3v) is 11.8. The third kappa shape index (κ3) is 16.3. The van der Waals surface area contributed by atoms with E-state index < -0.39 is 149 Å². The number of aromatic amines is 1. The Bertz CT molecular complexity index is 2720. The summed E-state index contributed by atoms with van der Waals surface area (Å²) in [6.45, 7) is -0.960. The number of hydrogen-bond acceptors (Lipinski definition) is 13. The van der Waals surface area contributed by atoms with Crippen molar-refractivity contribution in [2.45, 2.75) is 80.1 Å². The zero-order valence-corrected chi connectivity index (χ0v) is 38.3. The van der Waals surface area contributed by atoms with Crippen molar-refractivity contribution in [1.29, 1.82) is 0 Å². The molecule has 6 amide bonds. The van der Waals surface area contributed by atoms with Gasteiger partial charge in [0.2, 0.25) is 45.5 Å². The highest BCUT2D eigenvalue weighted by molar-refractivity contribution is 7.89. The van der Waals surface area contributed by atoms with Gasteiger partial charge in [-0.25, -0.2) is 12.8 Å². The van der Waals surface area contributed by atoms with Crippen LogP contribution in [0.2, 0.25) is 0 Å². The van der Waals surface area contributed by atoms with Gasteiger partial charge in [-0.2, -0.15) is 4.72 Å². The summed E-state index contributed by atoms with van der Waals surface area (Å²) in [6.07, 6.45) is -2.55. The summed E-state index contributed by atoms with van der Waals surface area (Å²) in [4.78, 5) is 118. The van der Waals surface area contributed by atoms with E-state index >= 15 is 0 Å². The number of ether oxygens (including phenoxy) is 2. The molecule has 70 heavy (non-hydrogen) atoms. The number of primary amides is 1. The standard InChI is InChI=1S/C44H51FN8O16S/c1-68-34-13-10-26(19-35(34)69-2)70(66,67)53-33(20-39(59)60)44(65)51-30(12-15-38(57)58)41(62)48-22-36(54)49-31(17-23-6-5-7-25(45)16-23)42(63)52-32(18-24-21-47-28-9-4-3-8-27(24)28)43(64)50-29(40(46)61)11-14-37(55)56/h3-10,13,16,19,21,29-33,47,53H,11-12,14-15,17-18,20,22H2,1-2H3,(H2,46,61)(H,48,62)(H,49,54)(H,50,64)(H,51,65)(H,52,63)(H,55,56)(H,57,58)(H,59,60)/t29-,30-,31-,32-,33+/m0/s1. The first-order chi connectivity index (χ1) is 33.1. The van der Waals surface area contributed by atoms with Crippen LogP contribution in [0.25, 0.3) is 10.9 Å². The highest BCUT2D eigenvalue weighted by Crippen LogP contribution is 2.29. The number of carbonyl (C=O) groups excluding carboxylic acids is 6. The van der Waals surface area contributed by atoms with E-state index in [1.54, 1.807) is 30.5 Å². The number of amides is 6. The Morgan fingerprint density at radius 1 is 0.671 bits per heavy atom. The molecule has 0 saturated heterocycles. The predicted octanol–water partition coefficient (Wildman–Crippen LogP) is -0.798. The predicted molar refractivity (Wildman–Crippen MR) is 242 cm³/mol. The van der Waals surface area contributed by atoms with Crippen LogP contribution >= 0.6 is 0 Å². The maximum Gasteiger partial charge on any atom is 0.305 e. The fourth-order valence-electron chi connectivity index (χ4n) is 6.88. The summed E-state index contributed by atoms with van der Waals surface area (Å²) in [5.41, 5.74) is 6.81. The van der Waals surface area contributed by atoms with Crippen LogP contribution < -0.4 is 46.5 Å². The average molecular weight is 999 g/mol. The zero-order chi connectivity index (χ0) is 51.7. The fraction of sp³-hybridized carbons (Fsp3) is 0.341. The number of nitrogens with two attached hydrogens (primary N) is 1. The molecular formula is C44H51FN8O16S. The van der Waals surface area contributed by atoms with Crippen molar-refractivity contribution in [1.82, 2.24) is 36.3 Å². The van der Waals surface area contributed by atoms with Crippen molar-refractivity contribution < 1.29 is 80.8 Å². The fourth-order valence-corrected chi connectivity index (χ4v) is 8.09. The first-order valence-electron chi connectivity index (χ1n) is 21.1. The van der Waals surface area contributed by atoms with E-state index in [1.165, 1.54) is 32.4 Å². The number of nitrogens with one attached hydrogen (secondary N) is 7. The smallest absolute Gasteiger partial charge is 0.305 e. The van der Waals surface area contributed by atoms with Gasteiger partial charge in [-0.3, -0.25) is 43.2 Å².